The van der Waals surface area contributed by atoms with Crippen LogP contribution in [-0.4, -0.2) is 17.4 Å². The van der Waals surface area contributed by atoms with Gasteiger partial charge in [-0.25, -0.2) is 4.98 Å². The number of rotatable bonds is 3. The zero-order chi connectivity index (χ0) is 13.1. The maximum atomic E-state index is 12.1. The highest BCUT2D eigenvalue weighted by molar-refractivity contribution is 6.34. The summed E-state index contributed by atoms with van der Waals surface area (Å²) in [6, 6.07) is 7.51. The Morgan fingerprint density at radius 2 is 2.00 bits per heavy atom. The van der Waals surface area contributed by atoms with Crippen molar-refractivity contribution in [3.8, 4) is 0 Å². The Morgan fingerprint density at radius 1 is 1.33 bits per heavy atom. The van der Waals surface area contributed by atoms with E-state index in [1.807, 2.05) is 24.3 Å². The average molecular weight is 263 g/mol. The topological polar surface area (TPSA) is 42.0 Å². The van der Waals surface area contributed by atoms with Gasteiger partial charge in [0.15, 0.2) is 0 Å². The first-order valence-corrected chi connectivity index (χ1v) is 6.29. The fourth-order valence-electron chi connectivity index (χ4n) is 1.73. The summed E-state index contributed by atoms with van der Waals surface area (Å²) in [4.78, 5) is 16.1. The maximum Gasteiger partial charge on any atom is 0.253 e. The van der Waals surface area contributed by atoms with Crippen LogP contribution in [0.5, 0.6) is 0 Å². The third kappa shape index (κ3) is 2.62. The fraction of sp³-hybridized carbons (Fsp3) is 0.286. The SMILES string of the molecule is CC(C)CNC(=O)c1cnc(Cl)c2ccccc12. The fourth-order valence-corrected chi connectivity index (χ4v) is 1.94. The highest BCUT2D eigenvalue weighted by Crippen LogP contribution is 2.24. The normalized spacial score (nSPS) is 10.9. The van der Waals surface area contributed by atoms with Gasteiger partial charge in [0, 0.05) is 18.1 Å². The number of aromatic nitrogens is 1. The van der Waals surface area contributed by atoms with Gasteiger partial charge in [-0.2, -0.15) is 0 Å². The lowest BCUT2D eigenvalue weighted by molar-refractivity contribution is 0.0950. The number of carbonyl (C=O) groups excluding carboxylic acids is 1. The van der Waals surface area contributed by atoms with Gasteiger partial charge >= 0.3 is 0 Å². The molecule has 1 heterocycles. The molecule has 0 aliphatic carbocycles. The molecular formula is C14H15ClN2O. The third-order valence-electron chi connectivity index (χ3n) is 2.66. The van der Waals surface area contributed by atoms with E-state index in [0.717, 1.165) is 10.8 Å². The number of amides is 1. The molecule has 0 fully saturated rings. The molecule has 0 unspecified atom stereocenters. The van der Waals surface area contributed by atoms with Gasteiger partial charge in [-0.05, 0) is 11.3 Å². The molecule has 1 aromatic heterocycles. The van der Waals surface area contributed by atoms with Crippen molar-refractivity contribution >= 4 is 28.3 Å². The molecule has 0 aliphatic heterocycles. The lowest BCUT2D eigenvalue weighted by atomic mass is 10.1. The Kier molecular flexibility index (Phi) is 3.82. The van der Waals surface area contributed by atoms with Crippen molar-refractivity contribution in [3.05, 3.63) is 41.2 Å². The predicted molar refractivity (Wildman–Crippen MR) is 73.9 cm³/mol. The number of carbonyl (C=O) groups is 1. The second-order valence-corrected chi connectivity index (χ2v) is 4.97. The van der Waals surface area contributed by atoms with E-state index in [-0.39, 0.29) is 5.91 Å². The van der Waals surface area contributed by atoms with E-state index in [2.05, 4.69) is 24.1 Å². The summed E-state index contributed by atoms with van der Waals surface area (Å²) in [5, 5.41) is 4.94. The Bertz CT molecular complexity index is 581. The lowest BCUT2D eigenvalue weighted by Gasteiger charge is -2.10. The first kappa shape index (κ1) is 12.8. The van der Waals surface area contributed by atoms with Crippen molar-refractivity contribution < 1.29 is 4.79 Å². The number of nitrogens with one attached hydrogen (secondary N) is 1. The van der Waals surface area contributed by atoms with E-state index in [0.29, 0.717) is 23.2 Å². The van der Waals surface area contributed by atoms with Crippen LogP contribution >= 0.6 is 11.6 Å². The molecule has 1 N–H and O–H groups in total. The summed E-state index contributed by atoms with van der Waals surface area (Å²) < 4.78 is 0. The standard InChI is InChI=1S/C14H15ClN2O/c1-9(2)7-17-14(18)12-8-16-13(15)11-6-4-3-5-10(11)12/h3-6,8-9H,7H2,1-2H3,(H,17,18). The highest BCUT2D eigenvalue weighted by Gasteiger charge is 2.12. The number of nitrogens with zero attached hydrogens (tertiary/aromatic N) is 1. The first-order chi connectivity index (χ1) is 8.59. The molecular weight excluding hydrogens is 248 g/mol. The van der Waals surface area contributed by atoms with Crippen LogP contribution in [0.4, 0.5) is 0 Å². The largest absolute Gasteiger partial charge is 0.352 e. The number of hydrogen-bond donors (Lipinski definition) is 1. The van der Waals surface area contributed by atoms with Crippen molar-refractivity contribution in [3.63, 3.8) is 0 Å². The molecule has 0 spiro atoms. The van der Waals surface area contributed by atoms with Crippen LogP contribution in [0, 0.1) is 5.92 Å². The van der Waals surface area contributed by atoms with Crippen LogP contribution in [0.15, 0.2) is 30.5 Å². The second kappa shape index (κ2) is 5.36. The van der Waals surface area contributed by atoms with Gasteiger partial charge < -0.3 is 5.32 Å². The Labute approximate surface area is 111 Å². The zero-order valence-corrected chi connectivity index (χ0v) is 11.2. The van der Waals surface area contributed by atoms with Crippen LogP contribution in [0.3, 0.4) is 0 Å². The molecule has 0 saturated heterocycles. The van der Waals surface area contributed by atoms with E-state index >= 15 is 0 Å². The molecule has 0 saturated carbocycles. The van der Waals surface area contributed by atoms with E-state index in [9.17, 15) is 4.79 Å². The van der Waals surface area contributed by atoms with Crippen molar-refractivity contribution in [2.24, 2.45) is 5.92 Å². The molecule has 4 heteroatoms. The molecule has 0 atom stereocenters. The van der Waals surface area contributed by atoms with Crippen molar-refractivity contribution in [2.45, 2.75) is 13.8 Å². The van der Waals surface area contributed by atoms with Gasteiger partial charge in [-0.1, -0.05) is 49.7 Å². The van der Waals surface area contributed by atoms with Crippen molar-refractivity contribution in [1.29, 1.82) is 0 Å². The van der Waals surface area contributed by atoms with E-state index in [1.54, 1.807) is 0 Å². The third-order valence-corrected chi connectivity index (χ3v) is 2.96. The number of fused-ring (bicyclic) bond motifs is 1. The summed E-state index contributed by atoms with van der Waals surface area (Å²) in [6.07, 6.45) is 1.53. The van der Waals surface area contributed by atoms with Gasteiger partial charge in [0.05, 0.1) is 5.56 Å². The molecule has 0 aliphatic rings. The van der Waals surface area contributed by atoms with Crippen LogP contribution in [0.2, 0.25) is 5.15 Å². The molecule has 2 rings (SSSR count). The molecule has 2 aromatic rings. The predicted octanol–water partition coefficient (Wildman–Crippen LogP) is 3.27. The monoisotopic (exact) mass is 262 g/mol. The number of halogens is 1. The van der Waals surface area contributed by atoms with Crippen LogP contribution < -0.4 is 5.32 Å². The summed E-state index contributed by atoms with van der Waals surface area (Å²) in [5.74, 6) is 0.310. The highest BCUT2D eigenvalue weighted by atomic mass is 35.5. The molecule has 94 valence electrons. The van der Waals surface area contributed by atoms with Gasteiger partial charge in [0.2, 0.25) is 0 Å². The molecule has 1 aromatic carbocycles. The lowest BCUT2D eigenvalue weighted by Crippen LogP contribution is -2.27. The van der Waals surface area contributed by atoms with Gasteiger partial charge in [-0.3, -0.25) is 4.79 Å². The quantitative estimate of drug-likeness (QED) is 0.863. The summed E-state index contributed by atoms with van der Waals surface area (Å²) in [6.45, 7) is 4.76. The second-order valence-electron chi connectivity index (χ2n) is 4.61. The van der Waals surface area contributed by atoms with Crippen LogP contribution in [-0.2, 0) is 0 Å². The van der Waals surface area contributed by atoms with Crippen molar-refractivity contribution in [2.75, 3.05) is 6.54 Å². The Balaban J connectivity index is 2.39. The Morgan fingerprint density at radius 3 is 2.67 bits per heavy atom. The minimum atomic E-state index is -0.107. The smallest absolute Gasteiger partial charge is 0.253 e. The summed E-state index contributed by atoms with van der Waals surface area (Å²) in [5.41, 5.74) is 0.565. The summed E-state index contributed by atoms with van der Waals surface area (Å²) >= 11 is 6.02. The van der Waals surface area contributed by atoms with E-state index in [1.165, 1.54) is 6.20 Å². The zero-order valence-electron chi connectivity index (χ0n) is 10.4. The van der Waals surface area contributed by atoms with Crippen LogP contribution in [0.25, 0.3) is 10.8 Å². The molecule has 0 radical (unpaired) electrons. The number of pyridine rings is 1. The summed E-state index contributed by atoms with van der Waals surface area (Å²) in [7, 11) is 0. The number of benzene rings is 1. The van der Waals surface area contributed by atoms with Gasteiger partial charge in [0.1, 0.15) is 5.15 Å². The minimum Gasteiger partial charge on any atom is -0.352 e. The number of hydrogen-bond acceptors (Lipinski definition) is 2. The first-order valence-electron chi connectivity index (χ1n) is 5.91. The minimum absolute atomic E-state index is 0.107. The van der Waals surface area contributed by atoms with E-state index in [4.69, 9.17) is 11.6 Å². The Hall–Kier alpha value is -1.61. The molecule has 1 amide bonds. The molecule has 18 heavy (non-hydrogen) atoms. The average Bonchev–Trinajstić information content (AvgIpc) is 2.37. The molecule has 3 nitrogen and oxygen atoms in total. The van der Waals surface area contributed by atoms with Gasteiger partial charge in [-0.15, -0.1) is 0 Å². The molecule has 0 bridgehead atoms. The maximum absolute atomic E-state index is 12.1. The van der Waals surface area contributed by atoms with Gasteiger partial charge in [0.25, 0.3) is 5.91 Å². The van der Waals surface area contributed by atoms with Crippen molar-refractivity contribution in [1.82, 2.24) is 10.3 Å². The van der Waals surface area contributed by atoms with Crippen LogP contribution in [0.1, 0.15) is 24.2 Å². The van der Waals surface area contributed by atoms with E-state index < -0.39 is 0 Å².